The van der Waals surface area contributed by atoms with Gasteiger partial charge < -0.3 is 21.5 Å². The van der Waals surface area contributed by atoms with E-state index in [-0.39, 0.29) is 36.2 Å². The molecule has 1 aliphatic rings. The molecular weight excluding hydrogens is 506 g/mol. The molecule has 6 N–H and O–H groups in total. The molecule has 0 saturated heterocycles. The average Bonchev–Trinajstić information content (AvgIpc) is 2.79. The quantitative estimate of drug-likeness (QED) is 0.295. The first-order chi connectivity index (χ1) is 17.3. The fourth-order valence-corrected chi connectivity index (χ4v) is 5.33. The minimum atomic E-state index is -3.84. The number of nitrogens with one attached hydrogen (secondary N) is 1. The Kier molecular flexibility index (Phi) is 10.4. The number of carbonyl (C=O) groups excluding carboxylic acids is 2. The Bertz CT molecular complexity index is 1150. The third-order valence-electron chi connectivity index (χ3n) is 6.28. The Morgan fingerprint density at radius 2 is 1.73 bits per heavy atom. The second-order valence-corrected chi connectivity index (χ2v) is 11.2. The number of nitrogens with zero attached hydrogens (tertiary/aromatic N) is 1. The van der Waals surface area contributed by atoms with Crippen molar-refractivity contribution in [2.24, 2.45) is 22.8 Å². The minimum Gasteiger partial charge on any atom is -0.391 e. The maximum Gasteiger partial charge on any atom is 0.249 e. The normalized spacial score (nSPS) is 19.4. The van der Waals surface area contributed by atoms with Gasteiger partial charge in [-0.1, -0.05) is 13.8 Å². The van der Waals surface area contributed by atoms with Gasteiger partial charge in [-0.2, -0.15) is 0 Å². The average molecular weight is 543 g/mol. The van der Waals surface area contributed by atoms with Crippen molar-refractivity contribution in [3.63, 3.8) is 0 Å². The van der Waals surface area contributed by atoms with Crippen LogP contribution < -0.4 is 16.2 Å². The van der Waals surface area contributed by atoms with Crippen LogP contribution in [-0.2, 0) is 26.0 Å². The van der Waals surface area contributed by atoms with Crippen molar-refractivity contribution in [3.05, 3.63) is 58.8 Å². The lowest BCUT2D eigenvalue weighted by atomic mass is 9.64. The van der Waals surface area contributed by atoms with Crippen LogP contribution in [0.1, 0.15) is 38.7 Å². The molecule has 3 atom stereocenters. The van der Waals surface area contributed by atoms with Crippen molar-refractivity contribution in [1.29, 1.82) is 0 Å². The minimum absolute atomic E-state index is 0.0801. The number of amides is 2. The molecule has 1 aliphatic carbocycles. The molecule has 0 bridgehead atoms. The van der Waals surface area contributed by atoms with Gasteiger partial charge in [0.05, 0.1) is 17.8 Å². The molecule has 2 rings (SSSR count). The number of halogens is 2. The number of primary amides is 1. The van der Waals surface area contributed by atoms with E-state index in [2.05, 4.69) is 4.72 Å². The van der Waals surface area contributed by atoms with Gasteiger partial charge in [0, 0.05) is 42.9 Å². The van der Waals surface area contributed by atoms with Crippen molar-refractivity contribution in [2.75, 3.05) is 25.9 Å². The van der Waals surface area contributed by atoms with Gasteiger partial charge in [0.1, 0.15) is 11.6 Å². The highest BCUT2D eigenvalue weighted by molar-refractivity contribution is 7.88. The van der Waals surface area contributed by atoms with Gasteiger partial charge in [-0.3, -0.25) is 14.3 Å². The molecule has 0 aromatic heterocycles. The SMILES string of the molecule is CCCN(CCC)C(=O)C1=CC(NS(C)(=O)=O)=CC(C(N)=O)([C@H](Cc2cc(F)cc(F)c2)[C@@H](O)CN)C1. The molecule has 206 valence electrons. The third-order valence-corrected chi connectivity index (χ3v) is 6.89. The molecular formula is C25H36F2N4O5S. The molecule has 2 amide bonds. The summed E-state index contributed by atoms with van der Waals surface area (Å²) in [5.41, 5.74) is 9.96. The molecule has 0 radical (unpaired) electrons. The number of aliphatic hydroxyl groups excluding tert-OH is 1. The maximum atomic E-state index is 13.9. The first kappa shape index (κ1) is 30.4. The van der Waals surface area contributed by atoms with Gasteiger partial charge in [0.15, 0.2) is 0 Å². The largest absolute Gasteiger partial charge is 0.391 e. The Morgan fingerprint density at radius 3 is 2.19 bits per heavy atom. The second-order valence-electron chi connectivity index (χ2n) is 9.41. The van der Waals surface area contributed by atoms with E-state index in [0.717, 1.165) is 18.4 Å². The number of hydrogen-bond acceptors (Lipinski definition) is 6. The van der Waals surface area contributed by atoms with Crippen molar-refractivity contribution >= 4 is 21.8 Å². The fourth-order valence-electron chi connectivity index (χ4n) is 4.78. The molecule has 1 aromatic rings. The van der Waals surface area contributed by atoms with Gasteiger partial charge >= 0.3 is 0 Å². The molecule has 0 fully saturated rings. The first-order valence-electron chi connectivity index (χ1n) is 12.1. The number of nitrogens with two attached hydrogens (primary N) is 2. The zero-order valence-corrected chi connectivity index (χ0v) is 22.2. The van der Waals surface area contributed by atoms with E-state index in [1.165, 1.54) is 12.2 Å². The number of aliphatic hydroxyl groups is 1. The summed E-state index contributed by atoms with van der Waals surface area (Å²) in [7, 11) is -3.84. The van der Waals surface area contributed by atoms with Crippen LogP contribution in [0.5, 0.6) is 0 Å². The topological polar surface area (TPSA) is 156 Å². The smallest absolute Gasteiger partial charge is 0.249 e. The predicted molar refractivity (Wildman–Crippen MR) is 136 cm³/mol. The van der Waals surface area contributed by atoms with Crippen molar-refractivity contribution in [2.45, 2.75) is 45.6 Å². The Balaban J connectivity index is 2.71. The monoisotopic (exact) mass is 542 g/mol. The molecule has 1 unspecified atom stereocenters. The lowest BCUT2D eigenvalue weighted by Gasteiger charge is -2.41. The summed E-state index contributed by atoms with van der Waals surface area (Å²) in [6.07, 6.45) is 2.98. The standard InChI is InChI=1S/C25H36F2N4O5S/c1-4-6-31(7-5-2)23(33)17-11-20(30-37(3,35)36)14-25(13-17,24(29)34)21(22(32)15-28)10-16-8-18(26)12-19(27)9-16/h8-9,11-12,14,21-22,30,32H,4-7,10,13,15,28H2,1-3H3,(H2,29,34)/t21-,22+,25?/m1/s1. The number of sulfonamides is 1. The van der Waals surface area contributed by atoms with Crippen LogP contribution in [0.4, 0.5) is 8.78 Å². The fraction of sp³-hybridized carbons (Fsp3) is 0.520. The number of hydrogen-bond donors (Lipinski definition) is 4. The van der Waals surface area contributed by atoms with Gasteiger partial charge in [-0.25, -0.2) is 17.2 Å². The highest BCUT2D eigenvalue weighted by Crippen LogP contribution is 2.44. The van der Waals surface area contributed by atoms with Gasteiger partial charge in [-0.15, -0.1) is 0 Å². The second kappa shape index (κ2) is 12.6. The number of allylic oxidation sites excluding steroid dienone is 1. The van der Waals surface area contributed by atoms with Gasteiger partial charge in [-0.05, 0) is 55.5 Å². The molecule has 0 saturated carbocycles. The molecule has 0 spiro atoms. The summed E-state index contributed by atoms with van der Waals surface area (Å²) in [6, 6.07) is 2.80. The van der Waals surface area contributed by atoms with Crippen LogP contribution in [0.25, 0.3) is 0 Å². The summed E-state index contributed by atoms with van der Waals surface area (Å²) in [6.45, 7) is 4.35. The zero-order valence-electron chi connectivity index (χ0n) is 21.3. The molecule has 0 heterocycles. The van der Waals surface area contributed by atoms with E-state index < -0.39 is 50.9 Å². The Labute approximate surface area is 216 Å². The Hall–Kier alpha value is -2.83. The van der Waals surface area contributed by atoms with Crippen molar-refractivity contribution < 1.29 is 31.9 Å². The van der Waals surface area contributed by atoms with Gasteiger partial charge in [0.2, 0.25) is 21.8 Å². The lowest BCUT2D eigenvalue weighted by molar-refractivity contribution is -0.132. The molecule has 37 heavy (non-hydrogen) atoms. The van der Waals surface area contributed by atoms with Crippen molar-refractivity contribution in [1.82, 2.24) is 9.62 Å². The number of rotatable bonds is 13. The van der Waals surface area contributed by atoms with Crippen molar-refractivity contribution in [3.8, 4) is 0 Å². The van der Waals surface area contributed by atoms with E-state index in [1.54, 1.807) is 4.90 Å². The molecule has 9 nitrogen and oxygen atoms in total. The first-order valence-corrected chi connectivity index (χ1v) is 14.0. The number of carbonyl (C=O) groups is 2. The van der Waals surface area contributed by atoms with Gasteiger partial charge in [0.25, 0.3) is 0 Å². The van der Waals surface area contributed by atoms with E-state index in [1.807, 2.05) is 13.8 Å². The summed E-state index contributed by atoms with van der Waals surface area (Å²) in [5.74, 6) is -4.21. The van der Waals surface area contributed by atoms with Crippen LogP contribution in [0.2, 0.25) is 0 Å². The Morgan fingerprint density at radius 1 is 1.16 bits per heavy atom. The highest BCUT2D eigenvalue weighted by atomic mass is 32.2. The van der Waals surface area contributed by atoms with Crippen LogP contribution >= 0.6 is 0 Å². The molecule has 0 aliphatic heterocycles. The maximum absolute atomic E-state index is 13.9. The van der Waals surface area contributed by atoms with Crippen LogP contribution in [0.3, 0.4) is 0 Å². The van der Waals surface area contributed by atoms with E-state index >= 15 is 0 Å². The predicted octanol–water partition coefficient (Wildman–Crippen LogP) is 1.33. The van der Waals surface area contributed by atoms with E-state index in [4.69, 9.17) is 11.5 Å². The van der Waals surface area contributed by atoms with Crippen LogP contribution in [0, 0.1) is 23.0 Å². The summed E-state index contributed by atoms with van der Waals surface area (Å²) < 4.78 is 54.3. The zero-order chi connectivity index (χ0) is 28.0. The van der Waals surface area contributed by atoms with E-state index in [0.29, 0.717) is 32.0 Å². The number of benzene rings is 1. The van der Waals surface area contributed by atoms with E-state index in [9.17, 15) is 31.9 Å². The third kappa shape index (κ3) is 7.83. The summed E-state index contributed by atoms with van der Waals surface area (Å²) in [4.78, 5) is 28.2. The van der Waals surface area contributed by atoms with Crippen LogP contribution in [-0.4, -0.2) is 62.2 Å². The molecule has 1 aromatic carbocycles. The molecule has 12 heteroatoms. The highest BCUT2D eigenvalue weighted by Gasteiger charge is 2.49. The summed E-state index contributed by atoms with van der Waals surface area (Å²) in [5, 5.41) is 10.9. The van der Waals surface area contributed by atoms with Crippen LogP contribution in [0.15, 0.2) is 41.6 Å². The lowest BCUT2D eigenvalue weighted by Crippen LogP contribution is -2.52. The summed E-state index contributed by atoms with van der Waals surface area (Å²) >= 11 is 0.